The van der Waals surface area contributed by atoms with Gasteiger partial charge in [-0.1, -0.05) is 17.3 Å². The van der Waals surface area contributed by atoms with Crippen molar-refractivity contribution in [3.05, 3.63) is 52.5 Å². The van der Waals surface area contributed by atoms with Crippen LogP contribution in [0, 0.1) is 23.7 Å². The quantitative estimate of drug-likeness (QED) is 0.520. The zero-order valence-corrected chi connectivity index (χ0v) is 17.3. The van der Waals surface area contributed by atoms with E-state index in [1.54, 1.807) is 10.8 Å². The molecule has 0 amide bonds. The smallest absolute Gasteiger partial charge is 0.475 e. The van der Waals surface area contributed by atoms with Crippen molar-refractivity contribution in [2.75, 3.05) is 13.1 Å². The number of benzene rings is 1. The molecule has 33 heavy (non-hydrogen) atoms. The normalized spacial score (nSPS) is 14.5. The van der Waals surface area contributed by atoms with E-state index in [0.29, 0.717) is 37.6 Å². The van der Waals surface area contributed by atoms with Crippen molar-refractivity contribution in [3.8, 4) is 23.1 Å². The minimum atomic E-state index is -5.08. The summed E-state index contributed by atoms with van der Waals surface area (Å²) in [6.45, 7) is 3.27. The number of carboxylic acid groups (broad SMARTS) is 1. The fourth-order valence-electron chi connectivity index (χ4n) is 3.12. The number of alkyl halides is 3. The molecule has 174 valence electrons. The lowest BCUT2D eigenvalue weighted by Crippen LogP contribution is -2.52. The van der Waals surface area contributed by atoms with E-state index in [1.165, 1.54) is 0 Å². The van der Waals surface area contributed by atoms with Crippen LogP contribution in [-0.2, 0) is 11.2 Å². The third-order valence-corrected chi connectivity index (χ3v) is 5.01. The molecule has 1 aliphatic rings. The molecule has 3 heterocycles. The number of H-pyrrole nitrogens is 1. The fraction of sp³-hybridized carbons (Fsp3) is 0.350. The number of aromatic amines is 1. The summed E-state index contributed by atoms with van der Waals surface area (Å²) in [5, 5.41) is 23.6. The number of aliphatic carboxylic acids is 1. The maximum absolute atomic E-state index is 12.0. The number of aromatic nitrogens is 4. The van der Waals surface area contributed by atoms with E-state index in [2.05, 4.69) is 26.5 Å². The van der Waals surface area contributed by atoms with E-state index in [1.807, 2.05) is 31.2 Å². The first-order valence-electron chi connectivity index (χ1n) is 9.67. The molecular formula is C20H19F3N6O4. The van der Waals surface area contributed by atoms with Gasteiger partial charge in [-0.05, 0) is 25.5 Å². The van der Waals surface area contributed by atoms with Crippen LogP contribution in [0.1, 0.15) is 18.0 Å². The topological polar surface area (TPSA) is 150 Å². The number of imidazole rings is 1. The maximum atomic E-state index is 12.0. The summed E-state index contributed by atoms with van der Waals surface area (Å²) in [5.74, 6) is -1.77. The Balaban J connectivity index is 0.000000383. The molecule has 3 aromatic rings. The second-order valence-electron chi connectivity index (χ2n) is 7.43. The Morgan fingerprint density at radius 1 is 1.39 bits per heavy atom. The molecule has 13 heteroatoms. The summed E-state index contributed by atoms with van der Waals surface area (Å²) in [6, 6.07) is 9.80. The van der Waals surface area contributed by atoms with E-state index in [-0.39, 0.29) is 11.1 Å². The highest BCUT2D eigenvalue weighted by atomic mass is 19.4. The first-order valence-corrected chi connectivity index (χ1v) is 9.67. The molecule has 1 fully saturated rings. The van der Waals surface area contributed by atoms with Gasteiger partial charge in [-0.15, -0.1) is 0 Å². The lowest BCUT2D eigenvalue weighted by Gasteiger charge is -2.35. The number of nitriles is 1. The standard InChI is InChI=1S/C18H18N6O2.C2HF3O2/c1-12-8-21-17(25)24(12)14-4-2-3-13(7-14)16-22-15(26-23-16)5-6-18(9-19)10-20-11-18;3-2(4,5)1(6)7/h2-4,7-8,20H,5-6,10-11H2,1H3,(H,21,25);(H,6,7). The zero-order valence-electron chi connectivity index (χ0n) is 17.3. The van der Waals surface area contributed by atoms with E-state index in [4.69, 9.17) is 14.4 Å². The van der Waals surface area contributed by atoms with Crippen LogP contribution in [0.2, 0.25) is 0 Å². The molecule has 0 unspecified atom stereocenters. The Kier molecular flexibility index (Phi) is 6.68. The second-order valence-corrected chi connectivity index (χ2v) is 7.43. The van der Waals surface area contributed by atoms with E-state index < -0.39 is 12.1 Å². The van der Waals surface area contributed by atoms with Gasteiger partial charge >= 0.3 is 17.8 Å². The highest BCUT2D eigenvalue weighted by molar-refractivity contribution is 5.73. The summed E-state index contributed by atoms with van der Waals surface area (Å²) < 4.78 is 38.7. The Morgan fingerprint density at radius 2 is 2.09 bits per heavy atom. The minimum absolute atomic E-state index is 0.190. The summed E-state index contributed by atoms with van der Waals surface area (Å²) in [7, 11) is 0. The first kappa shape index (κ1) is 23.7. The average Bonchev–Trinajstić information content (AvgIpc) is 3.34. The van der Waals surface area contributed by atoms with Gasteiger partial charge in [-0.25, -0.2) is 9.59 Å². The molecule has 1 saturated heterocycles. The molecule has 10 nitrogen and oxygen atoms in total. The summed E-state index contributed by atoms with van der Waals surface area (Å²) in [6.07, 6.45) is -2.16. The van der Waals surface area contributed by atoms with Gasteiger partial charge in [0.15, 0.2) is 0 Å². The molecule has 0 saturated carbocycles. The van der Waals surface area contributed by atoms with Gasteiger partial charge in [0.1, 0.15) is 0 Å². The van der Waals surface area contributed by atoms with Gasteiger partial charge in [0.25, 0.3) is 0 Å². The fourth-order valence-corrected chi connectivity index (χ4v) is 3.12. The third kappa shape index (κ3) is 5.47. The molecule has 0 spiro atoms. The monoisotopic (exact) mass is 464 g/mol. The van der Waals surface area contributed by atoms with Gasteiger partial charge in [0.2, 0.25) is 11.7 Å². The Morgan fingerprint density at radius 3 is 2.61 bits per heavy atom. The van der Waals surface area contributed by atoms with Crippen LogP contribution in [0.15, 0.2) is 39.8 Å². The predicted molar refractivity (Wildman–Crippen MR) is 107 cm³/mol. The molecule has 2 aromatic heterocycles. The number of rotatable bonds is 5. The molecule has 4 rings (SSSR count). The summed E-state index contributed by atoms with van der Waals surface area (Å²) >= 11 is 0. The zero-order chi connectivity index (χ0) is 24.2. The van der Waals surface area contributed by atoms with Gasteiger partial charge in [0, 0.05) is 37.0 Å². The van der Waals surface area contributed by atoms with Gasteiger partial charge < -0.3 is 19.9 Å². The van der Waals surface area contributed by atoms with Crippen LogP contribution in [-0.4, -0.2) is 50.0 Å². The molecule has 1 aliphatic heterocycles. The van der Waals surface area contributed by atoms with Gasteiger partial charge in [-0.3, -0.25) is 4.57 Å². The second kappa shape index (κ2) is 9.29. The summed E-state index contributed by atoms with van der Waals surface area (Å²) in [5.41, 5.74) is 1.81. The Labute approximate surface area is 184 Å². The first-order chi connectivity index (χ1) is 15.5. The largest absolute Gasteiger partial charge is 0.490 e. The third-order valence-electron chi connectivity index (χ3n) is 5.01. The van der Waals surface area contributed by atoms with E-state index in [9.17, 15) is 23.2 Å². The maximum Gasteiger partial charge on any atom is 0.490 e. The van der Waals surface area contributed by atoms with Crippen LogP contribution in [0.5, 0.6) is 0 Å². The number of nitrogens with zero attached hydrogens (tertiary/aromatic N) is 4. The molecule has 0 bridgehead atoms. The highest BCUT2D eigenvalue weighted by Gasteiger charge is 2.38. The molecule has 0 radical (unpaired) electrons. The lowest BCUT2D eigenvalue weighted by molar-refractivity contribution is -0.192. The van der Waals surface area contributed by atoms with Crippen molar-refractivity contribution in [3.63, 3.8) is 0 Å². The van der Waals surface area contributed by atoms with Crippen LogP contribution in [0.25, 0.3) is 17.1 Å². The summed E-state index contributed by atoms with van der Waals surface area (Å²) in [4.78, 5) is 28.0. The molecule has 1 aromatic carbocycles. The lowest BCUT2D eigenvalue weighted by atomic mass is 9.79. The number of carbonyl (C=O) groups is 1. The van der Waals surface area contributed by atoms with Crippen molar-refractivity contribution in [1.29, 1.82) is 5.26 Å². The van der Waals surface area contributed by atoms with Crippen LogP contribution in [0.4, 0.5) is 13.2 Å². The van der Waals surface area contributed by atoms with Crippen LogP contribution >= 0.6 is 0 Å². The van der Waals surface area contributed by atoms with Gasteiger partial charge in [-0.2, -0.15) is 23.4 Å². The predicted octanol–water partition coefficient (Wildman–Crippen LogP) is 2.20. The number of hydrogen-bond acceptors (Lipinski definition) is 7. The Bertz CT molecular complexity index is 1230. The number of hydrogen-bond donors (Lipinski definition) is 3. The van der Waals surface area contributed by atoms with Crippen molar-refractivity contribution in [1.82, 2.24) is 25.0 Å². The number of halogens is 3. The van der Waals surface area contributed by atoms with Crippen molar-refractivity contribution < 1.29 is 27.6 Å². The van der Waals surface area contributed by atoms with Crippen molar-refractivity contribution >= 4 is 5.97 Å². The molecule has 0 atom stereocenters. The minimum Gasteiger partial charge on any atom is -0.475 e. The number of nitrogens with one attached hydrogen (secondary N) is 2. The molecule has 0 aliphatic carbocycles. The highest BCUT2D eigenvalue weighted by Crippen LogP contribution is 2.28. The van der Waals surface area contributed by atoms with Crippen molar-refractivity contribution in [2.24, 2.45) is 5.41 Å². The van der Waals surface area contributed by atoms with E-state index >= 15 is 0 Å². The SMILES string of the molecule is Cc1c[nH]c(=O)n1-c1cccc(-c2noc(CCC3(C#N)CNC3)n2)c1.O=C(O)C(F)(F)F. The van der Waals surface area contributed by atoms with Crippen LogP contribution < -0.4 is 11.0 Å². The van der Waals surface area contributed by atoms with Crippen molar-refractivity contribution in [2.45, 2.75) is 25.9 Å². The number of aryl methyl sites for hydroxylation is 2. The molecular weight excluding hydrogens is 445 g/mol. The van der Waals surface area contributed by atoms with E-state index in [0.717, 1.165) is 16.9 Å². The van der Waals surface area contributed by atoms with Crippen LogP contribution in [0.3, 0.4) is 0 Å². The van der Waals surface area contributed by atoms with Gasteiger partial charge in [0.05, 0.1) is 17.2 Å². The average molecular weight is 464 g/mol. The molecule has 3 N–H and O–H groups in total. The Hall–Kier alpha value is -3.92. The number of carboxylic acids is 1.